The maximum atomic E-state index is 12.3. The van der Waals surface area contributed by atoms with E-state index in [9.17, 15) is 13.2 Å². The van der Waals surface area contributed by atoms with Gasteiger partial charge in [-0.1, -0.05) is 26.0 Å². The Morgan fingerprint density at radius 2 is 1.86 bits per heavy atom. The molecule has 21 heavy (non-hydrogen) atoms. The van der Waals surface area contributed by atoms with Crippen LogP contribution in [0.1, 0.15) is 41.4 Å². The molecular weight excluding hydrogens is 292 g/mol. The van der Waals surface area contributed by atoms with E-state index in [4.69, 9.17) is 9.52 Å². The van der Waals surface area contributed by atoms with Gasteiger partial charge in [0.05, 0.1) is 10.5 Å². The maximum Gasteiger partial charge on any atom is 0.338 e. The molecule has 0 amide bonds. The zero-order valence-electron chi connectivity index (χ0n) is 11.7. The third-order valence-electron chi connectivity index (χ3n) is 3.14. The van der Waals surface area contributed by atoms with Crippen molar-refractivity contribution in [2.45, 2.75) is 30.4 Å². The lowest BCUT2D eigenvalue weighted by Crippen LogP contribution is -2.04. The van der Waals surface area contributed by atoms with E-state index in [-0.39, 0.29) is 22.0 Å². The highest BCUT2D eigenvalue weighted by Crippen LogP contribution is 2.21. The molecule has 0 atom stereocenters. The Kier molecular flexibility index (Phi) is 4.18. The SMILES string of the molecule is CC(C)c1ccc(S(=O)(=O)Cc2cc(C(=O)O)co2)cc1. The Bertz CT molecular complexity index is 739. The molecule has 6 heteroatoms. The van der Waals surface area contributed by atoms with Crippen LogP contribution in [0.2, 0.25) is 0 Å². The molecule has 1 heterocycles. The van der Waals surface area contributed by atoms with E-state index < -0.39 is 15.8 Å². The maximum absolute atomic E-state index is 12.3. The molecule has 1 N–H and O–H groups in total. The summed E-state index contributed by atoms with van der Waals surface area (Å²) < 4.78 is 29.5. The van der Waals surface area contributed by atoms with Crippen molar-refractivity contribution in [1.82, 2.24) is 0 Å². The van der Waals surface area contributed by atoms with Crippen molar-refractivity contribution in [2.24, 2.45) is 0 Å². The molecule has 0 bridgehead atoms. The summed E-state index contributed by atoms with van der Waals surface area (Å²) in [5.41, 5.74) is 0.996. The first-order valence-electron chi connectivity index (χ1n) is 6.43. The van der Waals surface area contributed by atoms with Gasteiger partial charge in [-0.2, -0.15) is 0 Å². The minimum atomic E-state index is -3.55. The van der Waals surface area contributed by atoms with E-state index in [2.05, 4.69) is 0 Å². The fourth-order valence-electron chi connectivity index (χ4n) is 1.90. The van der Waals surface area contributed by atoms with Crippen LogP contribution in [-0.4, -0.2) is 19.5 Å². The van der Waals surface area contributed by atoms with Gasteiger partial charge in [0, 0.05) is 0 Å². The molecule has 2 aromatic rings. The van der Waals surface area contributed by atoms with Gasteiger partial charge in [0.15, 0.2) is 9.84 Å². The molecule has 0 aliphatic heterocycles. The second kappa shape index (κ2) is 5.73. The molecule has 0 radical (unpaired) electrons. The van der Waals surface area contributed by atoms with Gasteiger partial charge in [0.2, 0.25) is 0 Å². The number of carboxylic acids is 1. The zero-order chi connectivity index (χ0) is 15.6. The molecule has 112 valence electrons. The van der Waals surface area contributed by atoms with Crippen LogP contribution >= 0.6 is 0 Å². The van der Waals surface area contributed by atoms with Crippen molar-refractivity contribution in [3.05, 3.63) is 53.5 Å². The van der Waals surface area contributed by atoms with Crippen molar-refractivity contribution in [1.29, 1.82) is 0 Å². The lowest BCUT2D eigenvalue weighted by Gasteiger charge is -2.07. The summed E-state index contributed by atoms with van der Waals surface area (Å²) in [4.78, 5) is 10.9. The smallest absolute Gasteiger partial charge is 0.338 e. The van der Waals surface area contributed by atoms with Gasteiger partial charge in [-0.05, 0) is 29.7 Å². The van der Waals surface area contributed by atoms with Gasteiger partial charge in [-0.25, -0.2) is 13.2 Å². The number of furan rings is 1. The highest BCUT2D eigenvalue weighted by molar-refractivity contribution is 7.90. The van der Waals surface area contributed by atoms with Crippen LogP contribution in [0, 0.1) is 0 Å². The minimum Gasteiger partial charge on any atom is -0.478 e. The molecule has 0 fully saturated rings. The molecule has 0 aliphatic carbocycles. The monoisotopic (exact) mass is 308 g/mol. The van der Waals surface area contributed by atoms with E-state index >= 15 is 0 Å². The first-order chi connectivity index (χ1) is 9.79. The van der Waals surface area contributed by atoms with Crippen molar-refractivity contribution in [3.8, 4) is 0 Å². The predicted molar refractivity (Wildman–Crippen MR) is 77.1 cm³/mol. The van der Waals surface area contributed by atoms with Crippen molar-refractivity contribution in [2.75, 3.05) is 0 Å². The van der Waals surface area contributed by atoms with Crippen LogP contribution in [0.25, 0.3) is 0 Å². The highest BCUT2D eigenvalue weighted by atomic mass is 32.2. The van der Waals surface area contributed by atoms with Crippen molar-refractivity contribution >= 4 is 15.8 Å². The largest absolute Gasteiger partial charge is 0.478 e. The summed E-state index contributed by atoms with van der Waals surface area (Å²) >= 11 is 0. The van der Waals surface area contributed by atoms with Crippen LogP contribution in [0.5, 0.6) is 0 Å². The van der Waals surface area contributed by atoms with E-state index in [0.717, 1.165) is 11.8 Å². The van der Waals surface area contributed by atoms with Gasteiger partial charge >= 0.3 is 5.97 Å². The van der Waals surface area contributed by atoms with Crippen LogP contribution < -0.4 is 0 Å². The first kappa shape index (κ1) is 15.3. The Morgan fingerprint density at radius 3 is 2.33 bits per heavy atom. The number of hydrogen-bond acceptors (Lipinski definition) is 4. The van der Waals surface area contributed by atoms with E-state index in [1.165, 1.54) is 6.07 Å². The summed E-state index contributed by atoms with van der Waals surface area (Å²) in [6, 6.07) is 7.91. The average molecular weight is 308 g/mol. The summed E-state index contributed by atoms with van der Waals surface area (Å²) in [6.07, 6.45) is 1.04. The van der Waals surface area contributed by atoms with Gasteiger partial charge in [0.25, 0.3) is 0 Å². The number of carboxylic acid groups (broad SMARTS) is 1. The van der Waals surface area contributed by atoms with E-state index in [0.29, 0.717) is 5.92 Å². The summed E-state index contributed by atoms with van der Waals surface area (Å²) in [5.74, 6) is -1.07. The summed E-state index contributed by atoms with van der Waals surface area (Å²) in [7, 11) is -3.55. The molecule has 0 spiro atoms. The molecule has 1 aromatic heterocycles. The van der Waals surface area contributed by atoms with Crippen LogP contribution in [-0.2, 0) is 15.6 Å². The molecule has 0 saturated heterocycles. The normalized spacial score (nSPS) is 11.8. The number of aromatic carboxylic acids is 1. The van der Waals surface area contributed by atoms with Crippen LogP contribution in [0.15, 0.2) is 45.9 Å². The van der Waals surface area contributed by atoms with Gasteiger partial charge in [-0.15, -0.1) is 0 Å². The molecule has 0 aliphatic rings. The molecule has 1 aromatic carbocycles. The molecule has 5 nitrogen and oxygen atoms in total. The Labute approximate surface area is 123 Å². The van der Waals surface area contributed by atoms with E-state index in [1.807, 2.05) is 13.8 Å². The highest BCUT2D eigenvalue weighted by Gasteiger charge is 2.19. The average Bonchev–Trinajstić information content (AvgIpc) is 2.87. The van der Waals surface area contributed by atoms with Gasteiger partial charge in [0.1, 0.15) is 17.8 Å². The number of rotatable bonds is 5. The number of carbonyl (C=O) groups is 1. The fraction of sp³-hybridized carbons (Fsp3) is 0.267. The topological polar surface area (TPSA) is 84.6 Å². The summed E-state index contributed by atoms with van der Waals surface area (Å²) in [5, 5.41) is 8.79. The first-order valence-corrected chi connectivity index (χ1v) is 8.08. The Balaban J connectivity index is 2.22. The molecule has 2 rings (SSSR count). The molecular formula is C15H16O5S. The van der Waals surface area contributed by atoms with Gasteiger partial charge < -0.3 is 9.52 Å². The standard InChI is InChI=1S/C15H16O5S/c1-10(2)11-3-5-14(6-4-11)21(18,19)9-13-7-12(8-20-13)15(16)17/h3-8,10H,9H2,1-2H3,(H,16,17). The van der Waals surface area contributed by atoms with Crippen molar-refractivity contribution < 1.29 is 22.7 Å². The molecule has 0 saturated carbocycles. The van der Waals surface area contributed by atoms with Crippen LogP contribution in [0.3, 0.4) is 0 Å². The third-order valence-corrected chi connectivity index (χ3v) is 4.79. The predicted octanol–water partition coefficient (Wildman–Crippen LogP) is 3.08. The molecule has 0 unspecified atom stereocenters. The number of benzene rings is 1. The third kappa shape index (κ3) is 3.52. The lowest BCUT2D eigenvalue weighted by molar-refractivity contribution is 0.0696. The Hall–Kier alpha value is -2.08. The second-order valence-corrected chi connectivity index (χ2v) is 7.08. The number of sulfone groups is 1. The zero-order valence-corrected chi connectivity index (χ0v) is 12.6. The Morgan fingerprint density at radius 1 is 1.24 bits per heavy atom. The fourth-order valence-corrected chi connectivity index (χ4v) is 3.14. The minimum absolute atomic E-state index is 0.0599. The van der Waals surface area contributed by atoms with E-state index in [1.54, 1.807) is 24.3 Å². The van der Waals surface area contributed by atoms with Gasteiger partial charge in [-0.3, -0.25) is 0 Å². The quantitative estimate of drug-likeness (QED) is 0.917. The number of hydrogen-bond donors (Lipinski definition) is 1. The van der Waals surface area contributed by atoms with Crippen molar-refractivity contribution in [3.63, 3.8) is 0 Å². The lowest BCUT2D eigenvalue weighted by atomic mass is 10.0. The second-order valence-electron chi connectivity index (χ2n) is 5.09. The van der Waals surface area contributed by atoms with Crippen LogP contribution in [0.4, 0.5) is 0 Å². The summed E-state index contributed by atoms with van der Waals surface area (Å²) in [6.45, 7) is 4.06.